The van der Waals surface area contributed by atoms with Crippen LogP contribution >= 0.6 is 12.2 Å². The van der Waals surface area contributed by atoms with Crippen LogP contribution in [-0.4, -0.2) is 16.9 Å². The minimum atomic E-state index is -0.268. The predicted molar refractivity (Wildman–Crippen MR) is 105 cm³/mol. The number of carbonyl (C=O) groups excluding carboxylic acids is 2. The number of anilines is 2. The van der Waals surface area contributed by atoms with Crippen molar-refractivity contribution in [2.75, 3.05) is 10.6 Å². The molecule has 5 nitrogen and oxygen atoms in total. The van der Waals surface area contributed by atoms with Crippen molar-refractivity contribution >= 4 is 40.5 Å². The van der Waals surface area contributed by atoms with Crippen molar-refractivity contribution in [3.8, 4) is 0 Å². The Hall–Kier alpha value is -2.73. The zero-order valence-electron chi connectivity index (χ0n) is 14.3. The number of hydrogen-bond acceptors (Lipinski definition) is 3. The second-order valence-corrected chi connectivity index (χ2v) is 5.85. The molecule has 25 heavy (non-hydrogen) atoms. The number of carbonyl (C=O) groups is 2. The first-order valence-corrected chi connectivity index (χ1v) is 8.53. The van der Waals surface area contributed by atoms with Crippen LogP contribution in [0.2, 0.25) is 0 Å². The van der Waals surface area contributed by atoms with Crippen molar-refractivity contribution in [3.63, 3.8) is 0 Å². The van der Waals surface area contributed by atoms with Crippen molar-refractivity contribution < 1.29 is 9.59 Å². The summed E-state index contributed by atoms with van der Waals surface area (Å²) in [6.45, 7) is 3.85. The van der Waals surface area contributed by atoms with E-state index in [1.165, 1.54) is 5.56 Å². The molecule has 2 aromatic rings. The van der Waals surface area contributed by atoms with Crippen molar-refractivity contribution in [1.29, 1.82) is 0 Å². The lowest BCUT2D eigenvalue weighted by molar-refractivity contribution is -0.115. The first kappa shape index (κ1) is 18.6. The summed E-state index contributed by atoms with van der Waals surface area (Å²) in [5.74, 6) is -0.334. The summed E-state index contributed by atoms with van der Waals surface area (Å²) in [4.78, 5) is 23.6. The molecule has 0 fully saturated rings. The van der Waals surface area contributed by atoms with E-state index >= 15 is 0 Å². The molecule has 2 rings (SSSR count). The van der Waals surface area contributed by atoms with Crippen LogP contribution in [0.1, 0.15) is 36.2 Å². The van der Waals surface area contributed by atoms with E-state index in [-0.39, 0.29) is 16.9 Å². The van der Waals surface area contributed by atoms with Gasteiger partial charge < -0.3 is 10.6 Å². The van der Waals surface area contributed by atoms with Gasteiger partial charge >= 0.3 is 0 Å². The second kappa shape index (κ2) is 8.94. The highest BCUT2D eigenvalue weighted by molar-refractivity contribution is 7.80. The zero-order valence-corrected chi connectivity index (χ0v) is 15.1. The van der Waals surface area contributed by atoms with Crippen LogP contribution in [0.25, 0.3) is 0 Å². The summed E-state index contributed by atoms with van der Waals surface area (Å²) in [5.41, 5.74) is 3.06. The van der Waals surface area contributed by atoms with Crippen LogP contribution in [0.5, 0.6) is 0 Å². The maximum atomic E-state index is 12.2. The molecule has 2 aromatic carbocycles. The molecule has 0 aromatic heterocycles. The number of hydrogen-bond donors (Lipinski definition) is 3. The van der Waals surface area contributed by atoms with Gasteiger partial charge in [0, 0.05) is 23.4 Å². The minimum absolute atomic E-state index is 0.0662. The number of thiocarbonyl (C=S) groups is 1. The van der Waals surface area contributed by atoms with E-state index in [0.29, 0.717) is 23.4 Å². The highest BCUT2D eigenvalue weighted by Crippen LogP contribution is 2.15. The van der Waals surface area contributed by atoms with Gasteiger partial charge in [0.25, 0.3) is 5.91 Å². The monoisotopic (exact) mass is 355 g/mol. The van der Waals surface area contributed by atoms with Crippen LogP contribution in [-0.2, 0) is 11.2 Å². The fourth-order valence-corrected chi connectivity index (χ4v) is 2.36. The van der Waals surface area contributed by atoms with Gasteiger partial charge in [0.1, 0.15) is 0 Å². The number of rotatable bonds is 5. The Kier molecular flexibility index (Phi) is 6.65. The lowest BCUT2D eigenvalue weighted by atomic mass is 10.1. The molecule has 0 saturated carbocycles. The third-order valence-corrected chi connectivity index (χ3v) is 3.78. The molecular weight excluding hydrogens is 334 g/mol. The molecule has 0 radical (unpaired) electrons. The van der Waals surface area contributed by atoms with Gasteiger partial charge in [-0.3, -0.25) is 14.9 Å². The quantitative estimate of drug-likeness (QED) is 0.715. The topological polar surface area (TPSA) is 70.2 Å². The normalized spacial score (nSPS) is 10.0. The van der Waals surface area contributed by atoms with Crippen molar-refractivity contribution in [3.05, 3.63) is 59.7 Å². The Balaban J connectivity index is 1.96. The predicted octanol–water partition coefficient (Wildman–Crippen LogP) is 3.72. The maximum absolute atomic E-state index is 12.2. The summed E-state index contributed by atoms with van der Waals surface area (Å²) in [5, 5.41) is 8.56. The lowest BCUT2D eigenvalue weighted by Gasteiger charge is -2.11. The van der Waals surface area contributed by atoms with Crippen molar-refractivity contribution in [2.45, 2.75) is 26.7 Å². The van der Waals surface area contributed by atoms with Crippen LogP contribution in [0.3, 0.4) is 0 Å². The first-order valence-electron chi connectivity index (χ1n) is 8.13. The molecule has 0 aliphatic heterocycles. The van der Waals surface area contributed by atoms with Crippen LogP contribution in [0, 0.1) is 0 Å². The molecular formula is C19H21N3O2S. The maximum Gasteiger partial charge on any atom is 0.257 e. The average molecular weight is 355 g/mol. The van der Waals surface area contributed by atoms with Crippen LogP contribution < -0.4 is 16.0 Å². The second-order valence-electron chi connectivity index (χ2n) is 5.44. The third kappa shape index (κ3) is 5.69. The van der Waals surface area contributed by atoms with Gasteiger partial charge in [-0.2, -0.15) is 0 Å². The molecule has 0 spiro atoms. The van der Waals surface area contributed by atoms with E-state index in [1.807, 2.05) is 12.1 Å². The first-order chi connectivity index (χ1) is 12.0. The number of amides is 2. The van der Waals surface area contributed by atoms with Gasteiger partial charge in [-0.1, -0.05) is 32.0 Å². The number of aryl methyl sites for hydroxylation is 1. The summed E-state index contributed by atoms with van der Waals surface area (Å²) < 4.78 is 0. The SMILES string of the molecule is CCC(=O)Nc1cccc(NC(=S)NC(=O)c2ccc(CC)cc2)c1. The highest BCUT2D eigenvalue weighted by Gasteiger charge is 2.08. The Labute approximate surface area is 152 Å². The number of nitrogens with one attached hydrogen (secondary N) is 3. The Morgan fingerprint density at radius 1 is 0.960 bits per heavy atom. The molecule has 0 saturated heterocycles. The van der Waals surface area contributed by atoms with Crippen LogP contribution in [0.15, 0.2) is 48.5 Å². The fraction of sp³-hybridized carbons (Fsp3) is 0.211. The van der Waals surface area contributed by atoms with Gasteiger partial charge in [-0.25, -0.2) is 0 Å². The van der Waals surface area contributed by atoms with E-state index in [4.69, 9.17) is 12.2 Å². The molecule has 0 unspecified atom stereocenters. The largest absolute Gasteiger partial charge is 0.332 e. The Morgan fingerprint density at radius 2 is 1.60 bits per heavy atom. The Bertz CT molecular complexity index is 772. The van der Waals surface area contributed by atoms with Gasteiger partial charge in [0.2, 0.25) is 5.91 Å². The van der Waals surface area contributed by atoms with Gasteiger partial charge in [0.05, 0.1) is 0 Å². The molecule has 6 heteroatoms. The lowest BCUT2D eigenvalue weighted by Crippen LogP contribution is -2.34. The van der Waals surface area contributed by atoms with Gasteiger partial charge in [0.15, 0.2) is 5.11 Å². The molecule has 130 valence electrons. The van der Waals surface area contributed by atoms with Gasteiger partial charge in [-0.05, 0) is 54.5 Å². The van der Waals surface area contributed by atoms with Gasteiger partial charge in [-0.15, -0.1) is 0 Å². The van der Waals surface area contributed by atoms with E-state index in [2.05, 4.69) is 22.9 Å². The average Bonchev–Trinajstić information content (AvgIpc) is 2.61. The Morgan fingerprint density at radius 3 is 2.20 bits per heavy atom. The minimum Gasteiger partial charge on any atom is -0.332 e. The fourth-order valence-electron chi connectivity index (χ4n) is 2.15. The third-order valence-electron chi connectivity index (χ3n) is 3.58. The van der Waals surface area contributed by atoms with E-state index in [9.17, 15) is 9.59 Å². The molecule has 0 bridgehead atoms. The van der Waals surface area contributed by atoms with Crippen molar-refractivity contribution in [2.24, 2.45) is 0 Å². The summed E-state index contributed by atoms with van der Waals surface area (Å²) in [6.07, 6.45) is 1.33. The van der Waals surface area contributed by atoms with E-state index < -0.39 is 0 Å². The van der Waals surface area contributed by atoms with Crippen LogP contribution in [0.4, 0.5) is 11.4 Å². The molecule has 3 N–H and O–H groups in total. The summed E-state index contributed by atoms with van der Waals surface area (Å²) in [7, 11) is 0. The smallest absolute Gasteiger partial charge is 0.257 e. The zero-order chi connectivity index (χ0) is 18.2. The molecule has 0 aliphatic carbocycles. The van der Waals surface area contributed by atoms with E-state index in [0.717, 1.165) is 6.42 Å². The van der Waals surface area contributed by atoms with Crippen molar-refractivity contribution in [1.82, 2.24) is 5.32 Å². The van der Waals surface area contributed by atoms with E-state index in [1.54, 1.807) is 43.3 Å². The summed E-state index contributed by atoms with van der Waals surface area (Å²) in [6, 6.07) is 14.5. The molecule has 0 heterocycles. The highest BCUT2D eigenvalue weighted by atomic mass is 32.1. The summed E-state index contributed by atoms with van der Waals surface area (Å²) >= 11 is 5.18. The number of benzene rings is 2. The molecule has 0 atom stereocenters. The molecule has 0 aliphatic rings. The molecule has 2 amide bonds. The standard InChI is InChI=1S/C19H21N3O2S/c1-3-13-8-10-14(11-9-13)18(24)22-19(25)21-16-7-5-6-15(12-16)20-17(23)4-2/h5-12H,3-4H2,1-2H3,(H,20,23)(H2,21,22,24,25).